The Balaban J connectivity index is 1.97. The molecule has 1 fully saturated rings. The molecule has 0 bridgehead atoms. The molecule has 1 aliphatic heterocycles. The smallest absolute Gasteiger partial charge is 0.0948 e. The third kappa shape index (κ3) is 2.83. The molecule has 0 aromatic carbocycles. The second-order valence-electron chi connectivity index (χ2n) is 4.23. The summed E-state index contributed by atoms with van der Waals surface area (Å²) in [5.41, 5.74) is 0. The zero-order valence-corrected chi connectivity index (χ0v) is 10.4. The van der Waals surface area contributed by atoms with E-state index in [1.165, 1.54) is 4.88 Å². The van der Waals surface area contributed by atoms with Gasteiger partial charge in [-0.1, -0.05) is 19.4 Å². The lowest BCUT2D eigenvalue weighted by atomic mass is 10.1. The molecule has 2 rings (SSSR count). The highest BCUT2D eigenvalue weighted by Crippen LogP contribution is 2.24. The van der Waals surface area contributed by atoms with Crippen LogP contribution in [0.15, 0.2) is 17.5 Å². The Kier molecular flexibility index (Phi) is 4.35. The Morgan fingerprint density at radius 3 is 3.06 bits per heavy atom. The van der Waals surface area contributed by atoms with Gasteiger partial charge in [0.25, 0.3) is 0 Å². The SMILES string of the molecule is CCCC(NC1COCC1O)c1cccs1. The largest absolute Gasteiger partial charge is 0.389 e. The quantitative estimate of drug-likeness (QED) is 0.828. The van der Waals surface area contributed by atoms with Crippen LogP contribution in [0.1, 0.15) is 30.7 Å². The molecule has 1 saturated heterocycles. The fourth-order valence-corrected chi connectivity index (χ4v) is 2.87. The lowest BCUT2D eigenvalue weighted by molar-refractivity contribution is 0.121. The van der Waals surface area contributed by atoms with Crippen LogP contribution in [0.5, 0.6) is 0 Å². The van der Waals surface area contributed by atoms with E-state index in [4.69, 9.17) is 4.74 Å². The van der Waals surface area contributed by atoms with Crippen molar-refractivity contribution in [2.45, 2.75) is 38.0 Å². The number of aliphatic hydroxyl groups is 1. The van der Waals surface area contributed by atoms with Crippen molar-refractivity contribution in [3.8, 4) is 0 Å². The minimum absolute atomic E-state index is 0.0821. The van der Waals surface area contributed by atoms with Crippen molar-refractivity contribution >= 4 is 11.3 Å². The average molecular weight is 241 g/mol. The van der Waals surface area contributed by atoms with E-state index in [-0.39, 0.29) is 12.1 Å². The second kappa shape index (κ2) is 5.77. The number of hydrogen-bond acceptors (Lipinski definition) is 4. The highest BCUT2D eigenvalue weighted by molar-refractivity contribution is 7.10. The molecule has 4 heteroatoms. The van der Waals surface area contributed by atoms with Gasteiger partial charge in [0.1, 0.15) is 0 Å². The monoisotopic (exact) mass is 241 g/mol. The molecular formula is C12H19NO2S. The molecule has 1 aliphatic rings. The van der Waals surface area contributed by atoms with Gasteiger partial charge in [-0.3, -0.25) is 0 Å². The van der Waals surface area contributed by atoms with Crippen LogP contribution in [0.4, 0.5) is 0 Å². The van der Waals surface area contributed by atoms with Crippen LogP contribution in [0.3, 0.4) is 0 Å². The van der Waals surface area contributed by atoms with E-state index < -0.39 is 0 Å². The summed E-state index contributed by atoms with van der Waals surface area (Å²) >= 11 is 1.77. The maximum Gasteiger partial charge on any atom is 0.0948 e. The molecule has 2 N–H and O–H groups in total. The van der Waals surface area contributed by atoms with E-state index in [0.717, 1.165) is 12.8 Å². The zero-order chi connectivity index (χ0) is 11.4. The highest BCUT2D eigenvalue weighted by Gasteiger charge is 2.28. The van der Waals surface area contributed by atoms with Crippen molar-refractivity contribution in [1.82, 2.24) is 5.32 Å². The van der Waals surface area contributed by atoms with E-state index in [1.54, 1.807) is 11.3 Å². The fraction of sp³-hybridized carbons (Fsp3) is 0.667. The molecular weight excluding hydrogens is 222 g/mol. The van der Waals surface area contributed by atoms with Gasteiger partial charge in [-0.05, 0) is 17.9 Å². The lowest BCUT2D eigenvalue weighted by Crippen LogP contribution is -2.40. The second-order valence-corrected chi connectivity index (χ2v) is 5.21. The van der Waals surface area contributed by atoms with Crippen LogP contribution < -0.4 is 5.32 Å². The first-order valence-electron chi connectivity index (χ1n) is 5.86. The van der Waals surface area contributed by atoms with Gasteiger partial charge in [0, 0.05) is 10.9 Å². The first kappa shape index (κ1) is 12.0. The molecule has 90 valence electrons. The van der Waals surface area contributed by atoms with Gasteiger partial charge in [-0.25, -0.2) is 0 Å². The van der Waals surface area contributed by atoms with Gasteiger partial charge in [0.05, 0.1) is 25.4 Å². The number of aliphatic hydroxyl groups excluding tert-OH is 1. The average Bonchev–Trinajstić information content (AvgIpc) is 2.90. The third-order valence-electron chi connectivity index (χ3n) is 2.93. The van der Waals surface area contributed by atoms with Crippen molar-refractivity contribution in [2.75, 3.05) is 13.2 Å². The van der Waals surface area contributed by atoms with Crippen LogP contribution in [0.25, 0.3) is 0 Å². The van der Waals surface area contributed by atoms with Crippen molar-refractivity contribution < 1.29 is 9.84 Å². The lowest BCUT2D eigenvalue weighted by Gasteiger charge is -2.22. The summed E-state index contributed by atoms with van der Waals surface area (Å²) in [6.45, 7) is 3.26. The Hall–Kier alpha value is -0.420. The van der Waals surface area contributed by atoms with E-state index in [9.17, 15) is 5.11 Å². The Morgan fingerprint density at radius 1 is 1.62 bits per heavy atom. The summed E-state index contributed by atoms with van der Waals surface area (Å²) in [6.07, 6.45) is 1.88. The number of rotatable bonds is 5. The van der Waals surface area contributed by atoms with E-state index in [1.807, 2.05) is 0 Å². The molecule has 16 heavy (non-hydrogen) atoms. The minimum atomic E-state index is -0.362. The zero-order valence-electron chi connectivity index (χ0n) is 9.56. The summed E-state index contributed by atoms with van der Waals surface area (Å²) in [5.74, 6) is 0. The van der Waals surface area contributed by atoms with Crippen LogP contribution in [-0.2, 0) is 4.74 Å². The molecule has 0 amide bonds. The Labute approximate surface area is 100 Å². The molecule has 0 spiro atoms. The standard InChI is InChI=1S/C12H19NO2S/c1-2-4-9(12-5-3-6-16-12)13-10-7-15-8-11(10)14/h3,5-6,9-11,13-14H,2,4,7-8H2,1H3. The molecule has 3 atom stereocenters. The molecule has 3 unspecified atom stereocenters. The van der Waals surface area contributed by atoms with E-state index in [0.29, 0.717) is 19.3 Å². The number of nitrogens with one attached hydrogen (secondary N) is 1. The predicted molar refractivity (Wildman–Crippen MR) is 65.7 cm³/mol. The van der Waals surface area contributed by atoms with E-state index in [2.05, 4.69) is 29.8 Å². The van der Waals surface area contributed by atoms with E-state index >= 15 is 0 Å². The molecule has 2 heterocycles. The first-order valence-corrected chi connectivity index (χ1v) is 6.74. The summed E-state index contributed by atoms with van der Waals surface area (Å²) in [7, 11) is 0. The van der Waals surface area contributed by atoms with Crippen molar-refractivity contribution in [1.29, 1.82) is 0 Å². The number of ether oxygens (including phenoxy) is 1. The normalized spacial score (nSPS) is 27.1. The molecule has 0 aliphatic carbocycles. The summed E-state index contributed by atoms with van der Waals surface area (Å²) < 4.78 is 5.26. The van der Waals surface area contributed by atoms with Gasteiger partial charge in [-0.15, -0.1) is 11.3 Å². The minimum Gasteiger partial charge on any atom is -0.389 e. The molecule has 1 aromatic heterocycles. The van der Waals surface area contributed by atoms with Crippen molar-refractivity contribution in [3.63, 3.8) is 0 Å². The predicted octanol–water partition coefficient (Wildman–Crippen LogP) is 1.94. The maximum atomic E-state index is 9.72. The fourth-order valence-electron chi connectivity index (χ4n) is 2.05. The van der Waals surface area contributed by atoms with Gasteiger partial charge in [-0.2, -0.15) is 0 Å². The van der Waals surface area contributed by atoms with Crippen LogP contribution in [0.2, 0.25) is 0 Å². The van der Waals surface area contributed by atoms with Crippen molar-refractivity contribution in [3.05, 3.63) is 22.4 Å². The first-order chi connectivity index (χ1) is 7.81. The summed E-state index contributed by atoms with van der Waals surface area (Å²) in [4.78, 5) is 1.35. The molecule has 1 aromatic rings. The third-order valence-corrected chi connectivity index (χ3v) is 3.92. The Bertz CT molecular complexity index is 302. The van der Waals surface area contributed by atoms with Gasteiger partial charge in [0.2, 0.25) is 0 Å². The van der Waals surface area contributed by atoms with Crippen molar-refractivity contribution in [2.24, 2.45) is 0 Å². The summed E-state index contributed by atoms with van der Waals surface area (Å²) in [5, 5.41) is 15.3. The Morgan fingerprint density at radius 2 is 2.50 bits per heavy atom. The number of thiophene rings is 1. The molecule has 3 nitrogen and oxygen atoms in total. The molecule has 0 saturated carbocycles. The topological polar surface area (TPSA) is 41.5 Å². The van der Waals surface area contributed by atoms with Crippen LogP contribution >= 0.6 is 11.3 Å². The summed E-state index contributed by atoms with van der Waals surface area (Å²) in [6, 6.07) is 4.66. The van der Waals surface area contributed by atoms with Gasteiger partial charge < -0.3 is 15.2 Å². The van der Waals surface area contributed by atoms with Gasteiger partial charge in [0.15, 0.2) is 0 Å². The highest BCUT2D eigenvalue weighted by atomic mass is 32.1. The van der Waals surface area contributed by atoms with Crippen LogP contribution in [0, 0.1) is 0 Å². The molecule has 0 radical (unpaired) electrons. The van der Waals surface area contributed by atoms with Gasteiger partial charge >= 0.3 is 0 Å². The van der Waals surface area contributed by atoms with Crippen LogP contribution in [-0.4, -0.2) is 30.5 Å². The maximum absolute atomic E-state index is 9.72. The number of hydrogen-bond donors (Lipinski definition) is 2.